The summed E-state index contributed by atoms with van der Waals surface area (Å²) in [7, 11) is 0. The van der Waals surface area contributed by atoms with Crippen LogP contribution in [-0.2, 0) is 9.59 Å². The molecule has 3 unspecified atom stereocenters. The topological polar surface area (TPSA) is 57.6 Å². The molecule has 110 valence electrons. The van der Waals surface area contributed by atoms with Gasteiger partial charge in [0.05, 0.1) is 6.54 Å². The van der Waals surface area contributed by atoms with Gasteiger partial charge >= 0.3 is 5.97 Å². The second-order valence-corrected chi connectivity index (χ2v) is 6.11. The predicted molar refractivity (Wildman–Crippen MR) is 75.8 cm³/mol. The van der Waals surface area contributed by atoms with Gasteiger partial charge in [0.2, 0.25) is 5.91 Å². The Balaban J connectivity index is 1.97. The Hall–Kier alpha value is -1.50. The first kappa shape index (κ1) is 14.9. The number of carboxylic acids is 1. The van der Waals surface area contributed by atoms with E-state index in [1.807, 2.05) is 0 Å². The molecule has 3 atom stereocenters. The number of amides is 1. The maximum absolute atomic E-state index is 12.5. The van der Waals surface area contributed by atoms with Crippen LogP contribution >= 0.6 is 0 Å². The number of nitrogens with zero attached hydrogens (tertiary/aromatic N) is 1. The number of carboxylic acid groups (broad SMARTS) is 1. The fourth-order valence-electron chi connectivity index (χ4n) is 3.84. The van der Waals surface area contributed by atoms with Crippen molar-refractivity contribution in [3.63, 3.8) is 0 Å². The lowest BCUT2D eigenvalue weighted by Gasteiger charge is -2.39. The van der Waals surface area contributed by atoms with Crippen LogP contribution in [-0.4, -0.2) is 35.0 Å². The fourth-order valence-corrected chi connectivity index (χ4v) is 3.84. The van der Waals surface area contributed by atoms with Gasteiger partial charge in [0.1, 0.15) is 6.54 Å². The van der Waals surface area contributed by atoms with Crippen molar-refractivity contribution >= 4 is 11.9 Å². The van der Waals surface area contributed by atoms with Crippen molar-refractivity contribution in [2.75, 3.05) is 13.1 Å². The summed E-state index contributed by atoms with van der Waals surface area (Å²) >= 11 is 0. The molecule has 0 saturated heterocycles. The van der Waals surface area contributed by atoms with E-state index in [0.29, 0.717) is 5.92 Å². The molecule has 0 aliphatic heterocycles. The number of rotatable bonds is 4. The van der Waals surface area contributed by atoms with Gasteiger partial charge in [-0.3, -0.25) is 9.59 Å². The Kier molecular flexibility index (Phi) is 5.05. The second kappa shape index (κ2) is 6.78. The quantitative estimate of drug-likeness (QED) is 0.801. The van der Waals surface area contributed by atoms with E-state index >= 15 is 0 Å². The van der Waals surface area contributed by atoms with Crippen molar-refractivity contribution < 1.29 is 14.7 Å². The molecule has 1 N–H and O–H groups in total. The van der Waals surface area contributed by atoms with Crippen molar-refractivity contribution in [3.8, 4) is 12.3 Å². The minimum absolute atomic E-state index is 0.0259. The molecular weight excluding hydrogens is 254 g/mol. The molecule has 1 amide bonds. The van der Waals surface area contributed by atoms with Crippen LogP contribution in [0.1, 0.15) is 44.9 Å². The van der Waals surface area contributed by atoms with Crippen molar-refractivity contribution in [2.24, 2.45) is 17.8 Å². The molecule has 0 aromatic heterocycles. The molecule has 2 saturated carbocycles. The molecule has 4 heteroatoms. The smallest absolute Gasteiger partial charge is 0.323 e. The van der Waals surface area contributed by atoms with Crippen molar-refractivity contribution in [2.45, 2.75) is 44.9 Å². The molecule has 2 fully saturated rings. The van der Waals surface area contributed by atoms with Gasteiger partial charge < -0.3 is 10.0 Å². The van der Waals surface area contributed by atoms with Gasteiger partial charge in [-0.25, -0.2) is 0 Å². The Morgan fingerprint density at radius 1 is 1.15 bits per heavy atom. The first-order chi connectivity index (χ1) is 9.61. The van der Waals surface area contributed by atoms with Crippen molar-refractivity contribution in [1.29, 1.82) is 0 Å². The van der Waals surface area contributed by atoms with E-state index in [0.717, 1.165) is 25.2 Å². The molecule has 0 aromatic carbocycles. The van der Waals surface area contributed by atoms with E-state index in [1.54, 1.807) is 0 Å². The van der Waals surface area contributed by atoms with Gasteiger partial charge in [-0.1, -0.05) is 31.6 Å². The summed E-state index contributed by atoms with van der Waals surface area (Å²) in [6.45, 7) is -0.191. The maximum atomic E-state index is 12.5. The molecule has 2 rings (SSSR count). The summed E-state index contributed by atoms with van der Waals surface area (Å²) in [5, 5.41) is 8.88. The summed E-state index contributed by atoms with van der Waals surface area (Å²) in [6, 6.07) is 0. The molecule has 2 aliphatic carbocycles. The van der Waals surface area contributed by atoms with Crippen molar-refractivity contribution in [3.05, 3.63) is 0 Å². The molecule has 0 aromatic rings. The largest absolute Gasteiger partial charge is 0.480 e. The van der Waals surface area contributed by atoms with Crippen LogP contribution in [0.5, 0.6) is 0 Å². The minimum Gasteiger partial charge on any atom is -0.480 e. The number of carbonyl (C=O) groups is 2. The number of fused-ring (bicyclic) bond motifs is 1. The molecule has 4 nitrogen and oxygen atoms in total. The second-order valence-electron chi connectivity index (χ2n) is 6.11. The van der Waals surface area contributed by atoms with Crippen LogP contribution in [0.4, 0.5) is 0 Å². The molecule has 0 spiro atoms. The van der Waals surface area contributed by atoms with E-state index in [-0.39, 0.29) is 24.9 Å². The number of hydrogen-bond acceptors (Lipinski definition) is 2. The van der Waals surface area contributed by atoms with Crippen LogP contribution in [0, 0.1) is 30.1 Å². The third-order valence-electron chi connectivity index (χ3n) is 4.81. The highest BCUT2D eigenvalue weighted by Gasteiger charge is 2.36. The van der Waals surface area contributed by atoms with E-state index < -0.39 is 5.97 Å². The highest BCUT2D eigenvalue weighted by molar-refractivity contribution is 5.83. The van der Waals surface area contributed by atoms with Gasteiger partial charge in [0.25, 0.3) is 0 Å². The predicted octanol–water partition coefficient (Wildman–Crippen LogP) is 2.14. The Labute approximate surface area is 120 Å². The average molecular weight is 277 g/mol. The number of carbonyl (C=O) groups excluding carboxylic acids is 1. The molecule has 0 bridgehead atoms. The van der Waals surface area contributed by atoms with E-state index in [2.05, 4.69) is 5.92 Å². The zero-order valence-corrected chi connectivity index (χ0v) is 11.9. The monoisotopic (exact) mass is 277 g/mol. The third kappa shape index (κ3) is 3.53. The highest BCUT2D eigenvalue weighted by Crippen LogP contribution is 2.43. The Morgan fingerprint density at radius 2 is 1.85 bits per heavy atom. The average Bonchev–Trinajstić information content (AvgIpc) is 2.45. The third-order valence-corrected chi connectivity index (χ3v) is 4.81. The van der Waals surface area contributed by atoms with E-state index in [9.17, 15) is 9.59 Å². The molecule has 20 heavy (non-hydrogen) atoms. The molecular formula is C16H23NO3. The standard InChI is InChI=1S/C16H23NO3/c1-2-9-17(11-15(18)19)16(20)14-8-7-12-5-3-4-6-13(12)10-14/h1,12-14H,3-11H2,(H,18,19). The SMILES string of the molecule is C#CCN(CC(=O)O)C(=O)C1CCC2CCCCC2C1. The zero-order chi connectivity index (χ0) is 14.5. The maximum Gasteiger partial charge on any atom is 0.323 e. The van der Waals surface area contributed by atoms with Crippen LogP contribution in [0.2, 0.25) is 0 Å². The van der Waals surface area contributed by atoms with Crippen LogP contribution < -0.4 is 0 Å². The first-order valence-electron chi connectivity index (χ1n) is 7.56. The van der Waals surface area contributed by atoms with Gasteiger partial charge in [0, 0.05) is 5.92 Å². The van der Waals surface area contributed by atoms with E-state index in [1.165, 1.54) is 30.6 Å². The lowest BCUT2D eigenvalue weighted by Crippen LogP contribution is -2.42. The summed E-state index contributed by atoms with van der Waals surface area (Å²) in [6.07, 6.45) is 13.3. The molecule has 0 radical (unpaired) electrons. The number of hydrogen-bond donors (Lipinski definition) is 1. The summed E-state index contributed by atoms with van der Waals surface area (Å²) in [5.41, 5.74) is 0. The van der Waals surface area contributed by atoms with Crippen molar-refractivity contribution in [1.82, 2.24) is 4.90 Å². The van der Waals surface area contributed by atoms with Gasteiger partial charge in [-0.15, -0.1) is 6.42 Å². The van der Waals surface area contributed by atoms with Crippen LogP contribution in [0.25, 0.3) is 0 Å². The summed E-state index contributed by atoms with van der Waals surface area (Å²) in [5.74, 6) is 2.75. The Morgan fingerprint density at radius 3 is 2.50 bits per heavy atom. The van der Waals surface area contributed by atoms with E-state index in [4.69, 9.17) is 11.5 Å². The number of aliphatic carboxylic acids is 1. The lowest BCUT2D eigenvalue weighted by molar-refractivity contribution is -0.146. The lowest BCUT2D eigenvalue weighted by atomic mass is 9.67. The minimum atomic E-state index is -1.00. The molecule has 2 aliphatic rings. The van der Waals surface area contributed by atoms with Gasteiger partial charge in [-0.2, -0.15) is 0 Å². The van der Waals surface area contributed by atoms with Gasteiger partial charge in [-0.05, 0) is 31.1 Å². The number of terminal acetylenes is 1. The van der Waals surface area contributed by atoms with Gasteiger partial charge in [0.15, 0.2) is 0 Å². The summed E-state index contributed by atoms with van der Waals surface area (Å²) < 4.78 is 0. The van der Waals surface area contributed by atoms with Crippen LogP contribution in [0.15, 0.2) is 0 Å². The summed E-state index contributed by atoms with van der Waals surface area (Å²) in [4.78, 5) is 24.6. The zero-order valence-electron chi connectivity index (χ0n) is 11.9. The molecule has 0 heterocycles. The normalized spacial score (nSPS) is 29.1. The Bertz CT molecular complexity index is 412. The highest BCUT2D eigenvalue weighted by atomic mass is 16.4. The fraction of sp³-hybridized carbons (Fsp3) is 0.750. The van der Waals surface area contributed by atoms with Crippen LogP contribution in [0.3, 0.4) is 0 Å². The first-order valence-corrected chi connectivity index (χ1v) is 7.56.